The molecule has 0 amide bonds. The van der Waals surface area contributed by atoms with Crippen LogP contribution in [0.5, 0.6) is 0 Å². The van der Waals surface area contributed by atoms with E-state index in [9.17, 15) is 0 Å². The summed E-state index contributed by atoms with van der Waals surface area (Å²) in [6.45, 7) is 2.35. The van der Waals surface area contributed by atoms with Crippen LogP contribution in [-0.4, -0.2) is 6.04 Å². The van der Waals surface area contributed by atoms with E-state index in [1.807, 2.05) is 11.3 Å². The van der Waals surface area contributed by atoms with Gasteiger partial charge in [0.05, 0.1) is 0 Å². The van der Waals surface area contributed by atoms with Crippen LogP contribution in [0.3, 0.4) is 0 Å². The molecule has 2 unspecified atom stereocenters. The van der Waals surface area contributed by atoms with Crippen LogP contribution in [0.1, 0.15) is 69.2 Å². The minimum atomic E-state index is 0.631. The van der Waals surface area contributed by atoms with E-state index in [0.717, 1.165) is 17.9 Å². The molecule has 0 bridgehead atoms. The molecule has 0 spiro atoms. The second kappa shape index (κ2) is 6.41. The predicted molar refractivity (Wildman–Crippen MR) is 83.6 cm³/mol. The zero-order valence-corrected chi connectivity index (χ0v) is 12.9. The molecule has 0 aliphatic heterocycles. The fourth-order valence-corrected chi connectivity index (χ4v) is 4.45. The summed E-state index contributed by atoms with van der Waals surface area (Å²) in [6, 6.07) is 5.92. The summed E-state index contributed by atoms with van der Waals surface area (Å²) in [6.07, 6.45) is 11.4. The van der Waals surface area contributed by atoms with Crippen molar-refractivity contribution in [1.29, 1.82) is 0 Å². The third-order valence-corrected chi connectivity index (χ3v) is 5.90. The third-order valence-electron chi connectivity index (χ3n) is 4.94. The van der Waals surface area contributed by atoms with Gasteiger partial charge >= 0.3 is 0 Å². The van der Waals surface area contributed by atoms with E-state index in [2.05, 4.69) is 29.8 Å². The van der Waals surface area contributed by atoms with Crippen LogP contribution in [0.4, 0.5) is 0 Å². The summed E-state index contributed by atoms with van der Waals surface area (Å²) in [5.41, 5.74) is 0. The standard InChI is InChI=1S/C17H27NS/c1-2-15(12-13-9-10-13)18-17(14-6-3-4-7-14)16-8-5-11-19-16/h5,8,11,13-15,17-18H,2-4,6-7,9-10,12H2,1H3. The maximum atomic E-state index is 4.03. The van der Waals surface area contributed by atoms with E-state index in [0.29, 0.717) is 6.04 Å². The van der Waals surface area contributed by atoms with Crippen molar-refractivity contribution in [3.05, 3.63) is 22.4 Å². The summed E-state index contributed by atoms with van der Waals surface area (Å²) >= 11 is 1.94. The Balaban J connectivity index is 1.66. The Bertz CT molecular complexity index is 363. The minimum absolute atomic E-state index is 0.631. The van der Waals surface area contributed by atoms with Gasteiger partial charge in [0.1, 0.15) is 0 Å². The Morgan fingerprint density at radius 2 is 2.05 bits per heavy atom. The zero-order valence-electron chi connectivity index (χ0n) is 12.1. The first-order valence-electron chi connectivity index (χ1n) is 8.16. The van der Waals surface area contributed by atoms with Gasteiger partial charge in [-0.15, -0.1) is 11.3 Å². The first-order chi connectivity index (χ1) is 9.36. The second-order valence-corrected chi connectivity index (χ2v) is 7.47. The molecule has 1 aromatic heterocycles. The molecule has 2 aliphatic carbocycles. The topological polar surface area (TPSA) is 12.0 Å². The van der Waals surface area contributed by atoms with Crippen molar-refractivity contribution in [2.24, 2.45) is 11.8 Å². The van der Waals surface area contributed by atoms with E-state index in [-0.39, 0.29) is 0 Å². The van der Waals surface area contributed by atoms with E-state index >= 15 is 0 Å². The molecule has 0 aromatic carbocycles. The van der Waals surface area contributed by atoms with Gasteiger partial charge in [-0.1, -0.05) is 38.7 Å². The lowest BCUT2D eigenvalue weighted by atomic mass is 9.94. The van der Waals surface area contributed by atoms with Gasteiger partial charge < -0.3 is 5.32 Å². The Hall–Kier alpha value is -0.340. The number of thiophene rings is 1. The zero-order chi connectivity index (χ0) is 13.1. The molecule has 2 heteroatoms. The molecule has 0 saturated heterocycles. The smallest absolute Gasteiger partial charge is 0.0445 e. The monoisotopic (exact) mass is 277 g/mol. The number of rotatable bonds is 7. The molecular formula is C17H27NS. The minimum Gasteiger partial charge on any atom is -0.306 e. The van der Waals surface area contributed by atoms with Crippen LogP contribution in [0.2, 0.25) is 0 Å². The maximum absolute atomic E-state index is 4.03. The molecule has 2 fully saturated rings. The second-order valence-electron chi connectivity index (χ2n) is 6.49. The highest BCUT2D eigenvalue weighted by molar-refractivity contribution is 7.10. The Labute approximate surface area is 121 Å². The molecule has 1 N–H and O–H groups in total. The molecule has 2 saturated carbocycles. The molecule has 2 aliphatic rings. The lowest BCUT2D eigenvalue weighted by Gasteiger charge is -2.29. The first kappa shape index (κ1) is 13.6. The summed E-state index contributed by atoms with van der Waals surface area (Å²) in [4.78, 5) is 1.57. The highest BCUT2D eigenvalue weighted by Gasteiger charge is 2.31. The average Bonchev–Trinajstić information content (AvgIpc) is 2.92. The van der Waals surface area contributed by atoms with Gasteiger partial charge in [0, 0.05) is 17.0 Å². The van der Waals surface area contributed by atoms with E-state index in [4.69, 9.17) is 0 Å². The lowest BCUT2D eigenvalue weighted by Crippen LogP contribution is -2.35. The molecule has 1 aromatic rings. The van der Waals surface area contributed by atoms with Crippen molar-refractivity contribution >= 4 is 11.3 Å². The van der Waals surface area contributed by atoms with Gasteiger partial charge in [-0.3, -0.25) is 0 Å². The van der Waals surface area contributed by atoms with E-state index < -0.39 is 0 Å². The van der Waals surface area contributed by atoms with Crippen molar-refractivity contribution in [2.75, 3.05) is 0 Å². The molecule has 19 heavy (non-hydrogen) atoms. The SMILES string of the molecule is CCC(CC1CC1)NC(c1cccs1)C1CCCC1. The number of nitrogens with one attached hydrogen (secondary N) is 1. The van der Waals surface area contributed by atoms with Crippen LogP contribution in [0.15, 0.2) is 17.5 Å². The third kappa shape index (κ3) is 3.61. The normalized spacial score (nSPS) is 23.6. The molecule has 1 nitrogen and oxygen atoms in total. The van der Waals surface area contributed by atoms with E-state index in [1.54, 1.807) is 4.88 Å². The van der Waals surface area contributed by atoms with Crippen molar-refractivity contribution in [3.8, 4) is 0 Å². The molecule has 2 atom stereocenters. The lowest BCUT2D eigenvalue weighted by molar-refractivity contribution is 0.311. The van der Waals surface area contributed by atoms with Crippen molar-refractivity contribution in [3.63, 3.8) is 0 Å². The Morgan fingerprint density at radius 1 is 1.26 bits per heavy atom. The Morgan fingerprint density at radius 3 is 2.63 bits per heavy atom. The summed E-state index contributed by atoms with van der Waals surface area (Å²) in [5.74, 6) is 1.91. The summed E-state index contributed by atoms with van der Waals surface area (Å²) < 4.78 is 0. The molecule has 3 rings (SSSR count). The summed E-state index contributed by atoms with van der Waals surface area (Å²) in [5, 5.41) is 6.27. The largest absolute Gasteiger partial charge is 0.306 e. The number of hydrogen-bond acceptors (Lipinski definition) is 2. The first-order valence-corrected chi connectivity index (χ1v) is 9.04. The van der Waals surface area contributed by atoms with Gasteiger partial charge in [-0.2, -0.15) is 0 Å². The molecule has 106 valence electrons. The average molecular weight is 277 g/mol. The van der Waals surface area contributed by atoms with Gasteiger partial charge in [-0.25, -0.2) is 0 Å². The number of hydrogen-bond donors (Lipinski definition) is 1. The summed E-state index contributed by atoms with van der Waals surface area (Å²) in [7, 11) is 0. The van der Waals surface area contributed by atoms with Crippen LogP contribution < -0.4 is 5.32 Å². The highest BCUT2D eigenvalue weighted by atomic mass is 32.1. The molecule has 1 heterocycles. The van der Waals surface area contributed by atoms with Crippen molar-refractivity contribution in [2.45, 2.75) is 70.4 Å². The Kier molecular flexibility index (Phi) is 4.60. The van der Waals surface area contributed by atoms with Crippen LogP contribution in [0.25, 0.3) is 0 Å². The van der Waals surface area contributed by atoms with Crippen molar-refractivity contribution < 1.29 is 0 Å². The van der Waals surface area contributed by atoms with Gasteiger partial charge in [0.2, 0.25) is 0 Å². The van der Waals surface area contributed by atoms with Crippen LogP contribution >= 0.6 is 11.3 Å². The molecular weight excluding hydrogens is 250 g/mol. The fourth-order valence-electron chi connectivity index (χ4n) is 3.57. The van der Waals surface area contributed by atoms with Crippen LogP contribution in [0, 0.1) is 11.8 Å². The van der Waals surface area contributed by atoms with Gasteiger partial charge in [-0.05, 0) is 49.0 Å². The van der Waals surface area contributed by atoms with Gasteiger partial charge in [0.25, 0.3) is 0 Å². The molecule has 0 radical (unpaired) electrons. The predicted octanol–water partition coefficient (Wildman–Crippen LogP) is 5.15. The fraction of sp³-hybridized carbons (Fsp3) is 0.765. The maximum Gasteiger partial charge on any atom is 0.0445 e. The van der Waals surface area contributed by atoms with E-state index in [1.165, 1.54) is 51.4 Å². The van der Waals surface area contributed by atoms with Crippen molar-refractivity contribution in [1.82, 2.24) is 5.32 Å². The van der Waals surface area contributed by atoms with Crippen LogP contribution in [-0.2, 0) is 0 Å². The van der Waals surface area contributed by atoms with Gasteiger partial charge in [0.15, 0.2) is 0 Å². The quantitative estimate of drug-likeness (QED) is 0.727. The highest BCUT2D eigenvalue weighted by Crippen LogP contribution is 2.39.